The minimum atomic E-state index is 0.448. The maximum Gasteiger partial charge on any atom is 0.119 e. The van der Waals surface area contributed by atoms with Crippen LogP contribution in [-0.4, -0.2) is 26.4 Å². The fourth-order valence-corrected chi connectivity index (χ4v) is 2.75. The predicted molar refractivity (Wildman–Crippen MR) is 77.6 cm³/mol. The van der Waals surface area contributed by atoms with E-state index in [4.69, 9.17) is 15.2 Å². The van der Waals surface area contributed by atoms with E-state index in [0.29, 0.717) is 18.4 Å². The van der Waals surface area contributed by atoms with Crippen LogP contribution in [0.15, 0.2) is 24.3 Å². The lowest BCUT2D eigenvalue weighted by Crippen LogP contribution is -2.27. The van der Waals surface area contributed by atoms with E-state index in [0.717, 1.165) is 44.8 Å². The summed E-state index contributed by atoms with van der Waals surface area (Å²) in [4.78, 5) is 0. The molecule has 106 valence electrons. The van der Waals surface area contributed by atoms with Gasteiger partial charge in [0.15, 0.2) is 0 Å². The van der Waals surface area contributed by atoms with Crippen LogP contribution in [0.1, 0.15) is 37.7 Å². The van der Waals surface area contributed by atoms with Crippen LogP contribution < -0.4 is 10.5 Å². The van der Waals surface area contributed by atoms with Gasteiger partial charge in [-0.2, -0.15) is 0 Å². The first-order valence-electron chi connectivity index (χ1n) is 7.35. The second-order valence-corrected chi connectivity index (χ2v) is 5.21. The predicted octanol–water partition coefficient (Wildman–Crippen LogP) is 2.94. The minimum absolute atomic E-state index is 0.448. The third-order valence-corrected chi connectivity index (χ3v) is 3.87. The lowest BCUT2D eigenvalue weighted by atomic mass is 9.81. The zero-order valence-electron chi connectivity index (χ0n) is 11.8. The van der Waals surface area contributed by atoms with Crippen LogP contribution in [0.3, 0.4) is 0 Å². The van der Waals surface area contributed by atoms with Gasteiger partial charge in [-0.3, -0.25) is 0 Å². The Hall–Kier alpha value is -1.06. The number of hydrogen-bond donors (Lipinski definition) is 1. The zero-order chi connectivity index (χ0) is 13.5. The number of ether oxygens (including phenoxy) is 2. The summed E-state index contributed by atoms with van der Waals surface area (Å²) in [6.07, 6.45) is 3.28. The normalized spacial score (nSPS) is 18.2. The van der Waals surface area contributed by atoms with Gasteiger partial charge in [-0.05, 0) is 55.3 Å². The Labute approximate surface area is 116 Å². The van der Waals surface area contributed by atoms with Crippen molar-refractivity contribution >= 4 is 0 Å². The number of benzene rings is 1. The molecular weight excluding hydrogens is 238 g/mol. The molecule has 0 bridgehead atoms. The largest absolute Gasteiger partial charge is 0.494 e. The second-order valence-electron chi connectivity index (χ2n) is 5.21. The molecular formula is C16H25NO2. The Kier molecular flexibility index (Phi) is 5.67. The van der Waals surface area contributed by atoms with Crippen molar-refractivity contribution in [2.75, 3.05) is 26.4 Å². The molecule has 1 aliphatic rings. The van der Waals surface area contributed by atoms with Gasteiger partial charge in [-0.15, -0.1) is 0 Å². The smallest absolute Gasteiger partial charge is 0.119 e. The van der Waals surface area contributed by atoms with Gasteiger partial charge < -0.3 is 15.2 Å². The van der Waals surface area contributed by atoms with Crippen molar-refractivity contribution in [3.05, 3.63) is 29.8 Å². The maximum absolute atomic E-state index is 5.98. The van der Waals surface area contributed by atoms with Crippen molar-refractivity contribution in [1.29, 1.82) is 0 Å². The molecule has 0 radical (unpaired) electrons. The summed E-state index contributed by atoms with van der Waals surface area (Å²) in [5.41, 5.74) is 7.31. The molecule has 0 saturated carbocycles. The van der Waals surface area contributed by atoms with Gasteiger partial charge in [-0.1, -0.05) is 19.1 Å². The summed E-state index contributed by atoms with van der Waals surface area (Å²) in [5, 5.41) is 0. The highest BCUT2D eigenvalue weighted by atomic mass is 16.5. The molecule has 2 rings (SSSR count). The van der Waals surface area contributed by atoms with Crippen LogP contribution in [0.5, 0.6) is 5.75 Å². The third kappa shape index (κ3) is 3.95. The molecule has 19 heavy (non-hydrogen) atoms. The highest BCUT2D eigenvalue weighted by molar-refractivity contribution is 5.30. The molecule has 1 heterocycles. The molecule has 1 aromatic rings. The highest BCUT2D eigenvalue weighted by Crippen LogP contribution is 2.32. The van der Waals surface area contributed by atoms with Crippen molar-refractivity contribution in [2.45, 2.75) is 32.1 Å². The fraction of sp³-hybridized carbons (Fsp3) is 0.625. The van der Waals surface area contributed by atoms with E-state index < -0.39 is 0 Å². The molecule has 1 aromatic carbocycles. The van der Waals surface area contributed by atoms with Gasteiger partial charge in [0, 0.05) is 13.2 Å². The van der Waals surface area contributed by atoms with Crippen LogP contribution in [-0.2, 0) is 4.74 Å². The average molecular weight is 263 g/mol. The summed E-state index contributed by atoms with van der Waals surface area (Å²) >= 11 is 0. The van der Waals surface area contributed by atoms with E-state index in [1.165, 1.54) is 5.56 Å². The van der Waals surface area contributed by atoms with E-state index in [1.807, 2.05) is 0 Å². The van der Waals surface area contributed by atoms with Gasteiger partial charge in [0.05, 0.1) is 6.61 Å². The van der Waals surface area contributed by atoms with E-state index in [1.54, 1.807) is 0 Å². The first-order valence-corrected chi connectivity index (χ1v) is 7.35. The highest BCUT2D eigenvalue weighted by Gasteiger charge is 2.24. The molecule has 1 atom stereocenters. The van der Waals surface area contributed by atoms with Gasteiger partial charge in [0.25, 0.3) is 0 Å². The fourth-order valence-electron chi connectivity index (χ4n) is 2.75. The Morgan fingerprint density at radius 2 is 1.95 bits per heavy atom. The Bertz CT molecular complexity index is 358. The second kappa shape index (κ2) is 7.51. The van der Waals surface area contributed by atoms with Crippen molar-refractivity contribution in [3.8, 4) is 5.75 Å². The molecule has 3 nitrogen and oxygen atoms in total. The number of hydrogen-bond acceptors (Lipinski definition) is 3. The van der Waals surface area contributed by atoms with Crippen LogP contribution in [0, 0.1) is 5.92 Å². The summed E-state index contributed by atoms with van der Waals surface area (Å²) in [6.45, 7) is 5.35. The molecule has 0 aliphatic carbocycles. The first kappa shape index (κ1) is 14.4. The lowest BCUT2D eigenvalue weighted by molar-refractivity contribution is 0.0586. The number of nitrogens with two attached hydrogens (primary N) is 1. The van der Waals surface area contributed by atoms with Crippen molar-refractivity contribution in [1.82, 2.24) is 0 Å². The average Bonchev–Trinajstić information content (AvgIpc) is 2.48. The van der Waals surface area contributed by atoms with Crippen LogP contribution in [0.2, 0.25) is 0 Å². The Morgan fingerprint density at radius 1 is 1.26 bits per heavy atom. The molecule has 1 fully saturated rings. The summed E-state index contributed by atoms with van der Waals surface area (Å²) in [5.74, 6) is 2.05. The van der Waals surface area contributed by atoms with Gasteiger partial charge >= 0.3 is 0 Å². The van der Waals surface area contributed by atoms with E-state index in [-0.39, 0.29) is 0 Å². The molecule has 1 saturated heterocycles. The molecule has 0 aromatic heterocycles. The van der Waals surface area contributed by atoms with E-state index >= 15 is 0 Å². The molecule has 1 aliphatic heterocycles. The number of rotatable bonds is 6. The van der Waals surface area contributed by atoms with Crippen molar-refractivity contribution < 1.29 is 9.47 Å². The molecule has 1 unspecified atom stereocenters. The molecule has 2 N–H and O–H groups in total. The summed E-state index contributed by atoms with van der Waals surface area (Å²) in [7, 11) is 0. The van der Waals surface area contributed by atoms with Gasteiger partial charge in [-0.25, -0.2) is 0 Å². The zero-order valence-corrected chi connectivity index (χ0v) is 11.8. The monoisotopic (exact) mass is 263 g/mol. The van der Waals surface area contributed by atoms with E-state index in [9.17, 15) is 0 Å². The summed E-state index contributed by atoms with van der Waals surface area (Å²) in [6, 6.07) is 8.45. The maximum atomic E-state index is 5.98. The molecule has 0 spiro atoms. The van der Waals surface area contributed by atoms with Crippen LogP contribution >= 0.6 is 0 Å². The topological polar surface area (TPSA) is 44.5 Å². The molecule has 0 amide bonds. The summed E-state index contributed by atoms with van der Waals surface area (Å²) < 4.78 is 11.1. The standard InChI is InChI=1S/C16H25NO2/c1-2-9-19-15-5-3-13(4-6-15)16(12-17)14-7-10-18-11-8-14/h3-6,14,16H,2,7-12,17H2,1H3. The van der Waals surface area contributed by atoms with E-state index in [2.05, 4.69) is 31.2 Å². The molecule has 3 heteroatoms. The van der Waals surface area contributed by atoms with Crippen molar-refractivity contribution in [3.63, 3.8) is 0 Å². The van der Waals surface area contributed by atoms with Gasteiger partial charge in [0.2, 0.25) is 0 Å². The third-order valence-electron chi connectivity index (χ3n) is 3.87. The van der Waals surface area contributed by atoms with Crippen LogP contribution in [0.25, 0.3) is 0 Å². The first-order chi connectivity index (χ1) is 9.35. The Balaban J connectivity index is 2.01. The lowest BCUT2D eigenvalue weighted by Gasteiger charge is -2.29. The van der Waals surface area contributed by atoms with Crippen LogP contribution in [0.4, 0.5) is 0 Å². The quantitative estimate of drug-likeness (QED) is 0.858. The SMILES string of the molecule is CCCOc1ccc(C(CN)C2CCOCC2)cc1. The van der Waals surface area contributed by atoms with Gasteiger partial charge in [0.1, 0.15) is 5.75 Å². The minimum Gasteiger partial charge on any atom is -0.494 e. The Morgan fingerprint density at radius 3 is 2.53 bits per heavy atom. The van der Waals surface area contributed by atoms with Crippen molar-refractivity contribution in [2.24, 2.45) is 11.7 Å².